The number of aliphatic imine (C=N–C) groups is 1. The van der Waals surface area contributed by atoms with Crippen molar-refractivity contribution in [3.63, 3.8) is 0 Å². The summed E-state index contributed by atoms with van der Waals surface area (Å²) < 4.78 is 5.36. The molecule has 0 aliphatic heterocycles. The molecule has 1 rings (SSSR count). The number of halogens is 1. The summed E-state index contributed by atoms with van der Waals surface area (Å²) in [6.07, 6.45) is 7.98. The van der Waals surface area contributed by atoms with Gasteiger partial charge < -0.3 is 20.3 Å². The molecule has 0 bridgehead atoms. The van der Waals surface area contributed by atoms with Gasteiger partial charge in [-0.25, -0.2) is 4.99 Å². The first-order valence-corrected chi connectivity index (χ1v) is 10.2. The Balaban J connectivity index is 0.00000576. The first kappa shape index (κ1) is 24.8. The Morgan fingerprint density at radius 3 is 2.76 bits per heavy atom. The molecule has 0 heterocycles. The van der Waals surface area contributed by atoms with E-state index in [0.717, 1.165) is 43.8 Å². The Morgan fingerprint density at radius 1 is 1.36 bits per heavy atom. The molecule has 1 fully saturated rings. The molecule has 148 valence electrons. The van der Waals surface area contributed by atoms with E-state index in [9.17, 15) is 4.79 Å². The van der Waals surface area contributed by atoms with Crippen LogP contribution < -0.4 is 10.6 Å². The van der Waals surface area contributed by atoms with E-state index in [0.29, 0.717) is 6.04 Å². The lowest BCUT2D eigenvalue weighted by Crippen LogP contribution is -2.46. The molecule has 2 N–H and O–H groups in total. The van der Waals surface area contributed by atoms with Crippen LogP contribution in [0.15, 0.2) is 4.99 Å². The number of nitrogens with zero attached hydrogens (tertiary/aromatic N) is 2. The highest BCUT2D eigenvalue weighted by Gasteiger charge is 2.22. The maximum Gasteiger partial charge on any atom is 0.243 e. The van der Waals surface area contributed by atoms with E-state index in [2.05, 4.69) is 21.9 Å². The van der Waals surface area contributed by atoms with Crippen LogP contribution >= 0.6 is 35.7 Å². The lowest BCUT2D eigenvalue weighted by molar-refractivity contribution is -0.127. The number of thioether (sulfide) groups is 1. The standard InChI is InChI=1S/C17H34N4O2S.HI/c1-5-23-11-7-10-18-17(19-13-16(22)21(2)3)20-14-8-6-9-15(12-14)24-4;/h14-15H,5-13H2,1-4H3,(H2,18,19,20);1H. The third-order valence-electron chi connectivity index (χ3n) is 4.13. The van der Waals surface area contributed by atoms with Gasteiger partial charge in [0, 0.05) is 45.1 Å². The molecule has 6 nitrogen and oxygen atoms in total. The molecule has 0 spiro atoms. The zero-order valence-electron chi connectivity index (χ0n) is 16.0. The Labute approximate surface area is 174 Å². The van der Waals surface area contributed by atoms with Gasteiger partial charge in [-0.3, -0.25) is 4.79 Å². The van der Waals surface area contributed by atoms with E-state index in [-0.39, 0.29) is 36.4 Å². The third-order valence-corrected chi connectivity index (χ3v) is 5.23. The van der Waals surface area contributed by atoms with Crippen molar-refractivity contribution in [2.75, 3.05) is 46.7 Å². The molecule has 0 aromatic rings. The molecule has 0 radical (unpaired) electrons. The van der Waals surface area contributed by atoms with Gasteiger partial charge in [0.25, 0.3) is 0 Å². The summed E-state index contributed by atoms with van der Waals surface area (Å²) in [5, 5.41) is 7.58. The fourth-order valence-electron chi connectivity index (χ4n) is 2.65. The number of nitrogens with one attached hydrogen (secondary N) is 2. The monoisotopic (exact) mass is 486 g/mol. The minimum absolute atomic E-state index is 0. The molecule has 1 aliphatic rings. The summed E-state index contributed by atoms with van der Waals surface area (Å²) in [5.41, 5.74) is 0. The van der Waals surface area contributed by atoms with Gasteiger partial charge in [0.2, 0.25) is 5.91 Å². The van der Waals surface area contributed by atoms with E-state index in [1.54, 1.807) is 19.0 Å². The van der Waals surface area contributed by atoms with Crippen LogP contribution in [0.1, 0.15) is 39.0 Å². The molecule has 25 heavy (non-hydrogen) atoms. The van der Waals surface area contributed by atoms with Crippen molar-refractivity contribution in [1.82, 2.24) is 15.5 Å². The Morgan fingerprint density at radius 2 is 2.12 bits per heavy atom. The maximum absolute atomic E-state index is 11.8. The molecule has 2 unspecified atom stereocenters. The number of ether oxygens (including phenoxy) is 1. The number of amides is 1. The molecule has 1 aliphatic carbocycles. The van der Waals surface area contributed by atoms with E-state index in [1.165, 1.54) is 19.3 Å². The Hall–Kier alpha value is -0.220. The van der Waals surface area contributed by atoms with Gasteiger partial charge in [0.1, 0.15) is 6.54 Å². The fourth-order valence-corrected chi connectivity index (χ4v) is 3.48. The highest BCUT2D eigenvalue weighted by Crippen LogP contribution is 2.26. The molecule has 0 aromatic carbocycles. The first-order valence-electron chi connectivity index (χ1n) is 8.92. The molecular formula is C17H35IN4O2S. The van der Waals surface area contributed by atoms with Crippen LogP contribution in [0.3, 0.4) is 0 Å². The molecule has 0 saturated heterocycles. The van der Waals surface area contributed by atoms with Crippen LogP contribution in [0.25, 0.3) is 0 Å². The molecule has 0 aromatic heterocycles. The first-order chi connectivity index (χ1) is 11.6. The topological polar surface area (TPSA) is 66.0 Å². The van der Waals surface area contributed by atoms with Crippen LogP contribution in [-0.2, 0) is 9.53 Å². The number of carbonyl (C=O) groups excluding carboxylic acids is 1. The quantitative estimate of drug-likeness (QED) is 0.227. The zero-order valence-corrected chi connectivity index (χ0v) is 19.2. The fraction of sp³-hybridized carbons (Fsp3) is 0.882. The van der Waals surface area contributed by atoms with E-state index >= 15 is 0 Å². The van der Waals surface area contributed by atoms with Crippen LogP contribution in [0.2, 0.25) is 0 Å². The van der Waals surface area contributed by atoms with E-state index in [1.807, 2.05) is 18.7 Å². The highest BCUT2D eigenvalue weighted by molar-refractivity contribution is 14.0. The number of rotatable bonds is 9. The van der Waals surface area contributed by atoms with Gasteiger partial charge in [-0.05, 0) is 38.9 Å². The SMILES string of the molecule is CCOCCCNC(=NCC(=O)N(C)C)NC1CCCC(SC)C1.I. The van der Waals surface area contributed by atoms with Crippen LogP contribution in [0, 0.1) is 0 Å². The van der Waals surface area contributed by atoms with Gasteiger partial charge in [0.05, 0.1) is 0 Å². The number of likely N-dealkylation sites (N-methyl/N-ethyl adjacent to an activating group) is 1. The summed E-state index contributed by atoms with van der Waals surface area (Å²) in [5.74, 6) is 0.754. The number of guanidine groups is 1. The zero-order chi connectivity index (χ0) is 17.8. The summed E-state index contributed by atoms with van der Waals surface area (Å²) >= 11 is 1.95. The summed E-state index contributed by atoms with van der Waals surface area (Å²) in [6, 6.07) is 0.434. The average molecular weight is 486 g/mol. The molecule has 1 amide bonds. The molecule has 8 heteroatoms. The van der Waals surface area contributed by atoms with Gasteiger partial charge in [-0.2, -0.15) is 11.8 Å². The van der Waals surface area contributed by atoms with Crippen LogP contribution in [-0.4, -0.2) is 74.7 Å². The highest BCUT2D eigenvalue weighted by atomic mass is 127. The van der Waals surface area contributed by atoms with Crippen molar-refractivity contribution in [2.45, 2.75) is 50.3 Å². The van der Waals surface area contributed by atoms with Crippen LogP contribution in [0.5, 0.6) is 0 Å². The van der Waals surface area contributed by atoms with Crippen molar-refractivity contribution < 1.29 is 9.53 Å². The van der Waals surface area contributed by atoms with Crippen molar-refractivity contribution in [2.24, 2.45) is 4.99 Å². The minimum Gasteiger partial charge on any atom is -0.382 e. The van der Waals surface area contributed by atoms with Gasteiger partial charge >= 0.3 is 0 Å². The van der Waals surface area contributed by atoms with Crippen molar-refractivity contribution >= 4 is 47.6 Å². The van der Waals surface area contributed by atoms with Crippen molar-refractivity contribution in [3.8, 4) is 0 Å². The normalized spacial score (nSPS) is 20.6. The largest absolute Gasteiger partial charge is 0.382 e. The number of hydrogen-bond donors (Lipinski definition) is 2. The van der Waals surface area contributed by atoms with E-state index < -0.39 is 0 Å². The number of carbonyl (C=O) groups is 1. The Kier molecular flexibility index (Phi) is 14.8. The molecule has 2 atom stereocenters. The third kappa shape index (κ3) is 11.2. The second-order valence-corrected chi connectivity index (χ2v) is 7.43. The maximum atomic E-state index is 11.8. The predicted molar refractivity (Wildman–Crippen MR) is 118 cm³/mol. The van der Waals surface area contributed by atoms with Gasteiger partial charge in [-0.1, -0.05) is 6.42 Å². The summed E-state index contributed by atoms with van der Waals surface area (Å²) in [4.78, 5) is 17.8. The lowest BCUT2D eigenvalue weighted by atomic mass is 9.95. The molecular weight excluding hydrogens is 451 g/mol. The van der Waals surface area contributed by atoms with Crippen LogP contribution in [0.4, 0.5) is 0 Å². The smallest absolute Gasteiger partial charge is 0.243 e. The lowest BCUT2D eigenvalue weighted by Gasteiger charge is -2.30. The van der Waals surface area contributed by atoms with E-state index in [4.69, 9.17) is 4.74 Å². The second kappa shape index (κ2) is 14.9. The second-order valence-electron chi connectivity index (χ2n) is 6.30. The Bertz CT molecular complexity index is 397. The predicted octanol–water partition coefficient (Wildman–Crippen LogP) is 2.33. The minimum atomic E-state index is 0. The van der Waals surface area contributed by atoms with Crippen molar-refractivity contribution in [3.05, 3.63) is 0 Å². The van der Waals surface area contributed by atoms with Gasteiger partial charge in [0.15, 0.2) is 5.96 Å². The summed E-state index contributed by atoms with van der Waals surface area (Å²) in [6.45, 7) is 4.45. The van der Waals surface area contributed by atoms with Gasteiger partial charge in [-0.15, -0.1) is 24.0 Å². The van der Waals surface area contributed by atoms with Crippen molar-refractivity contribution in [1.29, 1.82) is 0 Å². The number of hydrogen-bond acceptors (Lipinski definition) is 4. The molecule has 1 saturated carbocycles. The average Bonchev–Trinajstić information content (AvgIpc) is 2.58. The summed E-state index contributed by atoms with van der Waals surface area (Å²) in [7, 11) is 3.51.